The summed E-state index contributed by atoms with van der Waals surface area (Å²) in [5, 5.41) is 3.16. The first-order valence-electron chi connectivity index (χ1n) is 5.11. The lowest BCUT2D eigenvalue weighted by atomic mass is 10.2. The molecule has 0 saturated carbocycles. The van der Waals surface area contributed by atoms with Crippen molar-refractivity contribution >= 4 is 21.7 Å². The van der Waals surface area contributed by atoms with Crippen LogP contribution in [0.2, 0.25) is 0 Å². The van der Waals surface area contributed by atoms with Gasteiger partial charge in [-0.2, -0.15) is 0 Å². The van der Waals surface area contributed by atoms with Crippen molar-refractivity contribution in [2.45, 2.75) is 13.5 Å². The zero-order valence-corrected chi connectivity index (χ0v) is 10.8. The Balaban J connectivity index is 2.07. The molecule has 0 radical (unpaired) electrons. The lowest BCUT2D eigenvalue weighted by Gasteiger charge is -2.07. The molecule has 17 heavy (non-hydrogen) atoms. The molecule has 1 aromatic heterocycles. The molecule has 88 valence electrons. The van der Waals surface area contributed by atoms with Gasteiger partial charge in [0, 0.05) is 22.8 Å². The van der Waals surface area contributed by atoms with E-state index in [0.29, 0.717) is 6.54 Å². The summed E-state index contributed by atoms with van der Waals surface area (Å²) in [7, 11) is 0. The molecule has 0 aliphatic carbocycles. The first-order valence-corrected chi connectivity index (χ1v) is 5.91. The summed E-state index contributed by atoms with van der Waals surface area (Å²) in [5.74, 6) is 0.507. The second-order valence-electron chi connectivity index (χ2n) is 3.63. The standard InChI is InChI=1S/C12H11BrFN3/c1-8-4-12(17-7-16-8)15-6-9-2-3-10(14)5-11(9)13/h2-5,7H,6H2,1H3,(H,15,16,17). The summed E-state index contributed by atoms with van der Waals surface area (Å²) in [6.45, 7) is 2.48. The Hall–Kier alpha value is -1.49. The maximum atomic E-state index is 12.9. The van der Waals surface area contributed by atoms with Crippen LogP contribution in [0.4, 0.5) is 10.2 Å². The number of nitrogens with one attached hydrogen (secondary N) is 1. The van der Waals surface area contributed by atoms with Crippen molar-refractivity contribution in [1.29, 1.82) is 0 Å². The second kappa shape index (κ2) is 5.23. The molecule has 1 N–H and O–H groups in total. The second-order valence-corrected chi connectivity index (χ2v) is 4.49. The summed E-state index contributed by atoms with van der Waals surface area (Å²) in [5.41, 5.74) is 1.88. The number of nitrogens with zero attached hydrogens (tertiary/aromatic N) is 2. The van der Waals surface area contributed by atoms with Crippen LogP contribution in [0.15, 0.2) is 35.1 Å². The van der Waals surface area contributed by atoms with Crippen LogP contribution >= 0.6 is 15.9 Å². The molecular formula is C12H11BrFN3. The Kier molecular flexibility index (Phi) is 3.68. The third kappa shape index (κ3) is 3.23. The smallest absolute Gasteiger partial charge is 0.129 e. The Morgan fingerprint density at radius 3 is 2.82 bits per heavy atom. The number of aromatic nitrogens is 2. The van der Waals surface area contributed by atoms with Crippen molar-refractivity contribution in [2.24, 2.45) is 0 Å². The zero-order valence-electron chi connectivity index (χ0n) is 9.24. The van der Waals surface area contributed by atoms with Gasteiger partial charge in [0.15, 0.2) is 0 Å². The topological polar surface area (TPSA) is 37.8 Å². The van der Waals surface area contributed by atoms with Gasteiger partial charge in [-0.15, -0.1) is 0 Å². The average molecular weight is 296 g/mol. The van der Waals surface area contributed by atoms with Crippen molar-refractivity contribution in [3.05, 3.63) is 52.1 Å². The predicted molar refractivity (Wildman–Crippen MR) is 68.2 cm³/mol. The van der Waals surface area contributed by atoms with E-state index in [1.165, 1.54) is 18.5 Å². The Morgan fingerprint density at radius 2 is 2.12 bits per heavy atom. The Labute approximate surface area is 107 Å². The zero-order chi connectivity index (χ0) is 12.3. The maximum Gasteiger partial charge on any atom is 0.129 e. The first-order chi connectivity index (χ1) is 8.15. The summed E-state index contributed by atoms with van der Waals surface area (Å²) in [6, 6.07) is 6.48. The van der Waals surface area contributed by atoms with E-state index in [1.807, 2.05) is 13.0 Å². The van der Waals surface area contributed by atoms with E-state index in [2.05, 4.69) is 31.2 Å². The number of benzene rings is 1. The van der Waals surface area contributed by atoms with Gasteiger partial charge in [-0.3, -0.25) is 0 Å². The largest absolute Gasteiger partial charge is 0.366 e. The van der Waals surface area contributed by atoms with Gasteiger partial charge in [-0.1, -0.05) is 22.0 Å². The highest BCUT2D eigenvalue weighted by atomic mass is 79.9. The van der Waals surface area contributed by atoms with Gasteiger partial charge in [0.1, 0.15) is 18.0 Å². The Bertz CT molecular complexity index is 531. The number of anilines is 1. The quantitative estimate of drug-likeness (QED) is 0.944. The summed E-state index contributed by atoms with van der Waals surface area (Å²) < 4.78 is 13.6. The Morgan fingerprint density at radius 1 is 1.29 bits per heavy atom. The molecule has 0 unspecified atom stereocenters. The fourth-order valence-electron chi connectivity index (χ4n) is 1.40. The third-order valence-corrected chi connectivity index (χ3v) is 3.02. The molecule has 0 fully saturated rings. The molecule has 0 aliphatic heterocycles. The molecule has 0 saturated heterocycles. The summed E-state index contributed by atoms with van der Waals surface area (Å²) in [4.78, 5) is 8.10. The molecule has 0 atom stereocenters. The van der Waals surface area contributed by atoms with Crippen molar-refractivity contribution in [1.82, 2.24) is 9.97 Å². The third-order valence-electron chi connectivity index (χ3n) is 2.28. The van der Waals surface area contributed by atoms with Crippen LogP contribution in [-0.2, 0) is 6.54 Å². The number of rotatable bonds is 3. The van der Waals surface area contributed by atoms with Crippen LogP contribution in [0.3, 0.4) is 0 Å². The molecule has 0 spiro atoms. The predicted octanol–water partition coefficient (Wildman–Crippen LogP) is 3.30. The van der Waals surface area contributed by atoms with Crippen molar-refractivity contribution in [3.8, 4) is 0 Å². The minimum absolute atomic E-state index is 0.251. The fraction of sp³-hybridized carbons (Fsp3) is 0.167. The van der Waals surface area contributed by atoms with Gasteiger partial charge in [-0.25, -0.2) is 14.4 Å². The molecule has 3 nitrogen and oxygen atoms in total. The molecule has 2 rings (SSSR count). The molecule has 5 heteroatoms. The van der Waals surface area contributed by atoms with Crippen molar-refractivity contribution < 1.29 is 4.39 Å². The van der Waals surface area contributed by atoms with Crippen molar-refractivity contribution in [2.75, 3.05) is 5.32 Å². The van der Waals surface area contributed by atoms with Gasteiger partial charge < -0.3 is 5.32 Å². The monoisotopic (exact) mass is 295 g/mol. The van der Waals surface area contributed by atoms with Crippen molar-refractivity contribution in [3.63, 3.8) is 0 Å². The number of hydrogen-bond acceptors (Lipinski definition) is 3. The lowest BCUT2D eigenvalue weighted by molar-refractivity contribution is 0.626. The number of halogens is 2. The van der Waals surface area contributed by atoms with Gasteiger partial charge in [0.2, 0.25) is 0 Å². The molecular weight excluding hydrogens is 285 g/mol. The van der Waals surface area contributed by atoms with E-state index >= 15 is 0 Å². The van der Waals surface area contributed by atoms with E-state index in [9.17, 15) is 4.39 Å². The normalized spacial score (nSPS) is 10.3. The minimum Gasteiger partial charge on any atom is -0.366 e. The van der Waals surface area contributed by atoms with Crippen LogP contribution in [0.25, 0.3) is 0 Å². The molecule has 1 heterocycles. The highest BCUT2D eigenvalue weighted by Crippen LogP contribution is 2.19. The van der Waals surface area contributed by atoms with Crippen LogP contribution in [0, 0.1) is 12.7 Å². The van der Waals surface area contributed by atoms with E-state index < -0.39 is 0 Å². The highest BCUT2D eigenvalue weighted by Gasteiger charge is 2.02. The van der Waals surface area contributed by atoms with E-state index in [0.717, 1.165) is 21.5 Å². The van der Waals surface area contributed by atoms with Crippen LogP contribution in [-0.4, -0.2) is 9.97 Å². The molecule has 0 bridgehead atoms. The highest BCUT2D eigenvalue weighted by molar-refractivity contribution is 9.10. The fourth-order valence-corrected chi connectivity index (χ4v) is 1.89. The number of hydrogen-bond donors (Lipinski definition) is 1. The van der Waals surface area contributed by atoms with Crippen LogP contribution in [0.1, 0.15) is 11.3 Å². The van der Waals surface area contributed by atoms with Crippen LogP contribution in [0.5, 0.6) is 0 Å². The number of aryl methyl sites for hydroxylation is 1. The van der Waals surface area contributed by atoms with E-state index in [-0.39, 0.29) is 5.82 Å². The first kappa shape index (κ1) is 12.0. The minimum atomic E-state index is -0.251. The molecule has 2 aromatic rings. The van der Waals surface area contributed by atoms with Gasteiger partial charge in [0.25, 0.3) is 0 Å². The lowest BCUT2D eigenvalue weighted by Crippen LogP contribution is -2.02. The molecule has 0 aliphatic rings. The van der Waals surface area contributed by atoms with Gasteiger partial charge in [0.05, 0.1) is 0 Å². The van der Waals surface area contributed by atoms with E-state index in [1.54, 1.807) is 6.07 Å². The maximum absolute atomic E-state index is 12.9. The molecule has 0 amide bonds. The average Bonchev–Trinajstić information content (AvgIpc) is 2.28. The van der Waals surface area contributed by atoms with Gasteiger partial charge in [-0.05, 0) is 24.6 Å². The molecule has 1 aromatic carbocycles. The summed E-state index contributed by atoms with van der Waals surface area (Å²) >= 11 is 3.32. The van der Waals surface area contributed by atoms with Gasteiger partial charge >= 0.3 is 0 Å². The summed E-state index contributed by atoms with van der Waals surface area (Å²) in [6.07, 6.45) is 1.51. The SMILES string of the molecule is Cc1cc(NCc2ccc(F)cc2Br)ncn1. The van der Waals surface area contributed by atoms with E-state index in [4.69, 9.17) is 0 Å². The van der Waals surface area contributed by atoms with Crippen LogP contribution < -0.4 is 5.32 Å².